The number of benzene rings is 2. The highest BCUT2D eigenvalue weighted by Gasteiger charge is 2.46. The van der Waals surface area contributed by atoms with Crippen molar-refractivity contribution in [3.63, 3.8) is 0 Å². The minimum atomic E-state index is -0.701. The molecule has 1 atom stereocenters. The van der Waals surface area contributed by atoms with Gasteiger partial charge in [-0.05, 0) is 29.3 Å². The smallest absolute Gasteiger partial charge is 0.295 e. The van der Waals surface area contributed by atoms with E-state index in [0.717, 1.165) is 15.6 Å². The van der Waals surface area contributed by atoms with Crippen molar-refractivity contribution in [2.45, 2.75) is 12.6 Å². The zero-order chi connectivity index (χ0) is 20.4. The summed E-state index contributed by atoms with van der Waals surface area (Å²) in [7, 11) is 0. The number of carbonyl (C=O) groups is 2. The molecule has 1 unspecified atom stereocenters. The third-order valence-electron chi connectivity index (χ3n) is 4.83. The fraction of sp³-hybridized carbons (Fsp3) is 0.0870. The molecular weight excluding hydrogens is 432 g/mol. The van der Waals surface area contributed by atoms with Crippen LogP contribution in [0.2, 0.25) is 0 Å². The summed E-state index contributed by atoms with van der Waals surface area (Å²) in [5.41, 5.74) is 2.11. The van der Waals surface area contributed by atoms with E-state index in [1.165, 1.54) is 4.90 Å². The number of amides is 1. The maximum absolute atomic E-state index is 13.0. The normalized spacial score (nSPS) is 18.2. The predicted molar refractivity (Wildman–Crippen MR) is 113 cm³/mol. The van der Waals surface area contributed by atoms with Gasteiger partial charge in [0.25, 0.3) is 11.7 Å². The number of rotatable bonds is 4. The van der Waals surface area contributed by atoms with Crippen LogP contribution in [-0.4, -0.2) is 26.7 Å². The van der Waals surface area contributed by atoms with Crippen LogP contribution in [0.25, 0.3) is 5.76 Å². The van der Waals surface area contributed by atoms with Crippen molar-refractivity contribution in [1.82, 2.24) is 9.88 Å². The van der Waals surface area contributed by atoms with Gasteiger partial charge < -0.3 is 10.0 Å². The van der Waals surface area contributed by atoms with Gasteiger partial charge in [0, 0.05) is 29.0 Å². The Labute approximate surface area is 176 Å². The number of ketones is 1. The van der Waals surface area contributed by atoms with E-state index in [9.17, 15) is 14.7 Å². The molecule has 2 heterocycles. The number of aliphatic hydroxyl groups is 1. The lowest BCUT2D eigenvalue weighted by Gasteiger charge is -2.25. The van der Waals surface area contributed by atoms with Crippen molar-refractivity contribution in [3.05, 3.63) is 106 Å². The number of carbonyl (C=O) groups excluding carboxylic acids is 2. The van der Waals surface area contributed by atoms with Gasteiger partial charge >= 0.3 is 0 Å². The van der Waals surface area contributed by atoms with E-state index in [1.807, 2.05) is 36.4 Å². The number of likely N-dealkylation sites (tertiary alicyclic amines) is 1. The molecule has 1 saturated heterocycles. The maximum atomic E-state index is 13.0. The zero-order valence-electron chi connectivity index (χ0n) is 15.3. The number of pyridine rings is 1. The molecule has 2 aromatic carbocycles. The molecule has 29 heavy (non-hydrogen) atoms. The topological polar surface area (TPSA) is 70.5 Å². The largest absolute Gasteiger partial charge is 0.507 e. The minimum Gasteiger partial charge on any atom is -0.507 e. The highest BCUT2D eigenvalue weighted by molar-refractivity contribution is 9.10. The van der Waals surface area contributed by atoms with Gasteiger partial charge in [0.15, 0.2) is 0 Å². The standard InChI is InChI=1S/C23H17BrN2O3/c24-18-10-4-9-17(12-18)20-19(21(27)16-7-2-1-3-8-16)22(28)23(29)26(20)14-15-6-5-11-25-13-15/h1-13,20,27H,14H2/b21-19-. The number of nitrogens with zero attached hydrogens (tertiary/aromatic N) is 2. The van der Waals surface area contributed by atoms with Crippen LogP contribution in [0.4, 0.5) is 0 Å². The quantitative estimate of drug-likeness (QED) is 0.363. The zero-order valence-corrected chi connectivity index (χ0v) is 16.9. The number of hydrogen-bond donors (Lipinski definition) is 1. The van der Waals surface area contributed by atoms with Crippen LogP contribution in [-0.2, 0) is 16.1 Å². The Bertz CT molecular complexity index is 1100. The van der Waals surface area contributed by atoms with E-state index in [1.54, 1.807) is 42.7 Å². The minimum absolute atomic E-state index is 0.0863. The fourth-order valence-corrected chi connectivity index (χ4v) is 3.92. The molecule has 0 bridgehead atoms. The Morgan fingerprint density at radius 2 is 1.83 bits per heavy atom. The first kappa shape index (κ1) is 19.1. The molecule has 1 N–H and O–H groups in total. The number of aliphatic hydroxyl groups excluding tert-OH is 1. The predicted octanol–water partition coefficient (Wildman–Crippen LogP) is 4.47. The molecular formula is C23H17BrN2O3. The molecule has 5 nitrogen and oxygen atoms in total. The second kappa shape index (κ2) is 8.01. The molecule has 4 rings (SSSR count). The van der Waals surface area contributed by atoms with E-state index < -0.39 is 17.7 Å². The third-order valence-corrected chi connectivity index (χ3v) is 5.32. The Morgan fingerprint density at radius 3 is 2.52 bits per heavy atom. The van der Waals surface area contributed by atoms with Crippen LogP contribution in [0.3, 0.4) is 0 Å². The van der Waals surface area contributed by atoms with Crippen molar-refractivity contribution in [3.8, 4) is 0 Å². The summed E-state index contributed by atoms with van der Waals surface area (Å²) < 4.78 is 0.821. The molecule has 0 spiro atoms. The molecule has 1 aliphatic rings. The van der Waals surface area contributed by atoms with Crippen LogP contribution in [0, 0.1) is 0 Å². The van der Waals surface area contributed by atoms with Crippen molar-refractivity contribution < 1.29 is 14.7 Å². The number of halogens is 1. The van der Waals surface area contributed by atoms with Crippen LogP contribution in [0.1, 0.15) is 22.7 Å². The molecule has 1 aromatic heterocycles. The van der Waals surface area contributed by atoms with Crippen molar-refractivity contribution in [2.75, 3.05) is 0 Å². The lowest BCUT2D eigenvalue weighted by atomic mass is 9.95. The molecule has 1 aliphatic heterocycles. The molecule has 0 radical (unpaired) electrons. The average Bonchev–Trinajstić information content (AvgIpc) is 2.99. The molecule has 144 valence electrons. The van der Waals surface area contributed by atoms with Crippen LogP contribution < -0.4 is 0 Å². The first-order valence-corrected chi connectivity index (χ1v) is 9.84. The van der Waals surface area contributed by atoms with E-state index in [2.05, 4.69) is 20.9 Å². The average molecular weight is 449 g/mol. The van der Waals surface area contributed by atoms with Crippen molar-refractivity contribution >= 4 is 33.4 Å². The molecule has 3 aromatic rings. The molecule has 0 saturated carbocycles. The maximum Gasteiger partial charge on any atom is 0.295 e. The van der Waals surface area contributed by atoms with Gasteiger partial charge in [0.05, 0.1) is 11.6 Å². The molecule has 1 fully saturated rings. The van der Waals surface area contributed by atoms with Gasteiger partial charge in [-0.3, -0.25) is 14.6 Å². The summed E-state index contributed by atoms with van der Waals surface area (Å²) in [4.78, 5) is 31.5. The first-order valence-electron chi connectivity index (χ1n) is 9.04. The highest BCUT2D eigenvalue weighted by Crippen LogP contribution is 2.40. The highest BCUT2D eigenvalue weighted by atomic mass is 79.9. The molecule has 6 heteroatoms. The van der Waals surface area contributed by atoms with Crippen LogP contribution in [0.5, 0.6) is 0 Å². The van der Waals surface area contributed by atoms with Gasteiger partial charge in [-0.2, -0.15) is 0 Å². The summed E-state index contributed by atoms with van der Waals surface area (Å²) in [5, 5.41) is 10.9. The lowest BCUT2D eigenvalue weighted by Crippen LogP contribution is -2.29. The summed E-state index contributed by atoms with van der Waals surface area (Å²) in [5.74, 6) is -1.51. The fourth-order valence-electron chi connectivity index (χ4n) is 3.51. The second-order valence-electron chi connectivity index (χ2n) is 6.71. The Kier molecular flexibility index (Phi) is 5.27. The summed E-state index contributed by atoms with van der Waals surface area (Å²) in [6.07, 6.45) is 3.31. The van der Waals surface area contributed by atoms with Gasteiger partial charge in [0.1, 0.15) is 5.76 Å². The van der Waals surface area contributed by atoms with Gasteiger partial charge in [-0.1, -0.05) is 64.5 Å². The summed E-state index contributed by atoms with van der Waals surface area (Å²) in [6, 6.07) is 19.1. The Balaban J connectivity index is 1.87. The van der Waals surface area contributed by atoms with Gasteiger partial charge in [0.2, 0.25) is 0 Å². The second-order valence-corrected chi connectivity index (χ2v) is 7.62. The van der Waals surface area contributed by atoms with Crippen molar-refractivity contribution in [1.29, 1.82) is 0 Å². The van der Waals surface area contributed by atoms with E-state index >= 15 is 0 Å². The van der Waals surface area contributed by atoms with E-state index in [-0.39, 0.29) is 17.9 Å². The van der Waals surface area contributed by atoms with E-state index in [0.29, 0.717) is 5.56 Å². The third kappa shape index (κ3) is 3.71. The van der Waals surface area contributed by atoms with Gasteiger partial charge in [-0.15, -0.1) is 0 Å². The number of aromatic nitrogens is 1. The molecule has 0 aliphatic carbocycles. The SMILES string of the molecule is O=C1C(=O)N(Cc2cccnc2)C(c2cccc(Br)c2)/C1=C(/O)c1ccccc1. The lowest BCUT2D eigenvalue weighted by molar-refractivity contribution is -0.140. The van der Waals surface area contributed by atoms with Crippen LogP contribution >= 0.6 is 15.9 Å². The number of Topliss-reactive ketones (excluding diaryl/α,β-unsaturated/α-hetero) is 1. The van der Waals surface area contributed by atoms with Crippen molar-refractivity contribution in [2.24, 2.45) is 0 Å². The first-order chi connectivity index (χ1) is 14.1. The Morgan fingerprint density at radius 1 is 1.03 bits per heavy atom. The summed E-state index contributed by atoms with van der Waals surface area (Å²) in [6.45, 7) is 0.209. The number of hydrogen-bond acceptors (Lipinski definition) is 4. The molecule has 1 amide bonds. The summed E-state index contributed by atoms with van der Waals surface area (Å²) >= 11 is 3.45. The Hall–Kier alpha value is -3.25. The van der Waals surface area contributed by atoms with Gasteiger partial charge in [-0.25, -0.2) is 0 Å². The van der Waals surface area contributed by atoms with Crippen LogP contribution in [0.15, 0.2) is 89.2 Å². The van der Waals surface area contributed by atoms with E-state index in [4.69, 9.17) is 0 Å². The monoisotopic (exact) mass is 448 g/mol.